The van der Waals surface area contributed by atoms with E-state index in [1.54, 1.807) is 16.2 Å². The second-order valence-corrected chi connectivity index (χ2v) is 9.66. The lowest BCUT2D eigenvalue weighted by Crippen LogP contribution is -2.42. The summed E-state index contributed by atoms with van der Waals surface area (Å²) in [4.78, 5) is 40.7. The minimum Gasteiger partial charge on any atom is -0.378 e. The van der Waals surface area contributed by atoms with Crippen LogP contribution in [0.15, 0.2) is 6.07 Å². The van der Waals surface area contributed by atoms with Gasteiger partial charge in [-0.2, -0.15) is 0 Å². The van der Waals surface area contributed by atoms with Gasteiger partial charge in [0, 0.05) is 25.7 Å². The van der Waals surface area contributed by atoms with E-state index in [1.165, 1.54) is 12.8 Å². The standard InChI is InChI=1S/C22H26N4O3S/c1-12-20(30-14(3)23-12)17-10-16-11-26(13(2)15-4-5-15)21(27)18(16)19(24-17)22(28)25-6-8-29-9-7-25/h10,13,15H,4-9,11H2,1-3H3/t13-/m0/s1. The van der Waals surface area contributed by atoms with E-state index >= 15 is 0 Å². The Morgan fingerprint density at radius 3 is 2.60 bits per heavy atom. The van der Waals surface area contributed by atoms with Gasteiger partial charge in [0.1, 0.15) is 5.69 Å². The minimum atomic E-state index is -0.176. The van der Waals surface area contributed by atoms with Crippen LogP contribution >= 0.6 is 11.3 Å². The van der Waals surface area contributed by atoms with Gasteiger partial charge in [-0.15, -0.1) is 11.3 Å². The Labute approximate surface area is 180 Å². The normalized spacial score (nSPS) is 19.9. The van der Waals surface area contributed by atoms with E-state index in [2.05, 4.69) is 11.9 Å². The third-order valence-electron chi connectivity index (χ3n) is 6.35. The molecular formula is C22H26N4O3S. The second kappa shape index (κ2) is 7.42. The molecule has 2 aliphatic heterocycles. The SMILES string of the molecule is Cc1nc(C)c(-c2cc3c(c(C(=O)N4CCOCC4)n2)C(=O)N([C@@H](C)C2CC2)C3)s1. The van der Waals surface area contributed by atoms with E-state index in [4.69, 9.17) is 9.72 Å². The average Bonchev–Trinajstić information content (AvgIpc) is 3.47. The summed E-state index contributed by atoms with van der Waals surface area (Å²) >= 11 is 1.57. The van der Waals surface area contributed by atoms with Crippen LogP contribution in [0.25, 0.3) is 10.6 Å². The highest BCUT2D eigenvalue weighted by atomic mass is 32.1. The van der Waals surface area contributed by atoms with Crippen LogP contribution in [0, 0.1) is 19.8 Å². The molecule has 8 heteroatoms. The van der Waals surface area contributed by atoms with Crippen LogP contribution in [0.2, 0.25) is 0 Å². The number of thiazole rings is 1. The number of nitrogens with zero attached hydrogens (tertiary/aromatic N) is 4. The summed E-state index contributed by atoms with van der Waals surface area (Å²) in [6.45, 7) is 8.67. The van der Waals surface area contributed by atoms with Gasteiger partial charge in [-0.05, 0) is 51.2 Å². The van der Waals surface area contributed by atoms with Gasteiger partial charge >= 0.3 is 0 Å². The lowest BCUT2D eigenvalue weighted by atomic mass is 10.1. The van der Waals surface area contributed by atoms with Gasteiger partial charge in [0.25, 0.3) is 11.8 Å². The molecule has 1 aliphatic carbocycles. The fourth-order valence-corrected chi connectivity index (χ4v) is 5.36. The largest absolute Gasteiger partial charge is 0.378 e. The maximum atomic E-state index is 13.4. The molecule has 30 heavy (non-hydrogen) atoms. The smallest absolute Gasteiger partial charge is 0.273 e. The van der Waals surface area contributed by atoms with Crippen LogP contribution in [-0.4, -0.2) is 63.9 Å². The van der Waals surface area contributed by atoms with Gasteiger partial charge in [0.15, 0.2) is 0 Å². The van der Waals surface area contributed by atoms with Crippen molar-refractivity contribution in [2.45, 2.75) is 46.2 Å². The summed E-state index contributed by atoms with van der Waals surface area (Å²) in [7, 11) is 0. The molecule has 1 saturated heterocycles. The van der Waals surface area contributed by atoms with Gasteiger partial charge in [-0.25, -0.2) is 9.97 Å². The molecule has 2 aromatic rings. The first-order valence-electron chi connectivity index (χ1n) is 10.6. The first kappa shape index (κ1) is 19.6. The Bertz CT molecular complexity index is 1020. The zero-order valence-electron chi connectivity index (χ0n) is 17.6. The van der Waals surface area contributed by atoms with Gasteiger partial charge in [0.2, 0.25) is 0 Å². The average molecular weight is 427 g/mol. The Balaban J connectivity index is 1.60. The van der Waals surface area contributed by atoms with Crippen LogP contribution in [0.1, 0.15) is 56.9 Å². The Morgan fingerprint density at radius 1 is 1.23 bits per heavy atom. The first-order chi connectivity index (χ1) is 14.4. The summed E-state index contributed by atoms with van der Waals surface area (Å²) in [6, 6.07) is 2.18. The summed E-state index contributed by atoms with van der Waals surface area (Å²) in [5, 5.41) is 0.964. The number of hydrogen-bond donors (Lipinski definition) is 0. The molecule has 3 aliphatic rings. The Kier molecular flexibility index (Phi) is 4.86. The van der Waals surface area contributed by atoms with Crippen LogP contribution < -0.4 is 0 Å². The molecule has 0 bridgehead atoms. The molecule has 4 heterocycles. The number of fused-ring (bicyclic) bond motifs is 1. The van der Waals surface area contributed by atoms with Crippen molar-refractivity contribution in [2.24, 2.45) is 5.92 Å². The second-order valence-electron chi connectivity index (χ2n) is 8.45. The monoisotopic (exact) mass is 426 g/mol. The number of aromatic nitrogens is 2. The number of aryl methyl sites for hydroxylation is 2. The number of carbonyl (C=O) groups excluding carboxylic acids is 2. The van der Waals surface area contributed by atoms with E-state index in [9.17, 15) is 9.59 Å². The zero-order valence-corrected chi connectivity index (χ0v) is 18.4. The number of morpholine rings is 1. The fraction of sp³-hybridized carbons (Fsp3) is 0.545. The lowest BCUT2D eigenvalue weighted by Gasteiger charge is -2.27. The molecule has 2 aromatic heterocycles. The number of carbonyl (C=O) groups is 2. The van der Waals surface area contributed by atoms with Gasteiger partial charge in [-0.3, -0.25) is 9.59 Å². The summed E-state index contributed by atoms with van der Waals surface area (Å²) in [6.07, 6.45) is 2.34. The van der Waals surface area contributed by atoms with Crippen LogP contribution in [0.5, 0.6) is 0 Å². The molecular weight excluding hydrogens is 400 g/mol. The summed E-state index contributed by atoms with van der Waals surface area (Å²) in [5.74, 6) is 0.335. The molecule has 5 rings (SSSR count). The molecule has 0 spiro atoms. The Hall–Kier alpha value is -2.32. The van der Waals surface area contributed by atoms with Crippen molar-refractivity contribution in [1.29, 1.82) is 0 Å². The highest BCUT2D eigenvalue weighted by Crippen LogP contribution is 2.40. The van der Waals surface area contributed by atoms with Crippen LogP contribution in [-0.2, 0) is 11.3 Å². The van der Waals surface area contributed by atoms with Crippen molar-refractivity contribution in [2.75, 3.05) is 26.3 Å². The quantitative estimate of drug-likeness (QED) is 0.751. The van der Waals surface area contributed by atoms with Crippen molar-refractivity contribution in [1.82, 2.24) is 19.8 Å². The minimum absolute atomic E-state index is 0.0581. The Morgan fingerprint density at radius 2 is 1.97 bits per heavy atom. The van der Waals surface area contributed by atoms with Gasteiger partial charge in [-0.1, -0.05) is 0 Å². The molecule has 0 radical (unpaired) electrons. The molecule has 0 aromatic carbocycles. The molecule has 2 fully saturated rings. The van der Waals surface area contributed by atoms with E-state index in [-0.39, 0.29) is 23.6 Å². The number of ether oxygens (including phenoxy) is 1. The molecule has 2 amide bonds. The van der Waals surface area contributed by atoms with E-state index < -0.39 is 0 Å². The molecule has 1 atom stereocenters. The van der Waals surface area contributed by atoms with Crippen molar-refractivity contribution < 1.29 is 14.3 Å². The third kappa shape index (κ3) is 3.32. The van der Waals surface area contributed by atoms with Crippen LogP contribution in [0.4, 0.5) is 0 Å². The van der Waals surface area contributed by atoms with E-state index in [1.807, 2.05) is 24.8 Å². The lowest BCUT2D eigenvalue weighted by molar-refractivity contribution is 0.0297. The van der Waals surface area contributed by atoms with Gasteiger partial charge in [0.05, 0.1) is 40.0 Å². The zero-order chi connectivity index (χ0) is 21.0. The molecule has 0 unspecified atom stereocenters. The number of pyridine rings is 1. The van der Waals surface area contributed by atoms with Crippen molar-refractivity contribution in [3.63, 3.8) is 0 Å². The van der Waals surface area contributed by atoms with Crippen molar-refractivity contribution in [3.05, 3.63) is 33.6 Å². The van der Waals surface area contributed by atoms with Crippen molar-refractivity contribution >= 4 is 23.2 Å². The molecule has 7 nitrogen and oxygen atoms in total. The van der Waals surface area contributed by atoms with Gasteiger partial charge < -0.3 is 14.5 Å². The topological polar surface area (TPSA) is 75.6 Å². The van der Waals surface area contributed by atoms with Crippen molar-refractivity contribution in [3.8, 4) is 10.6 Å². The number of hydrogen-bond acceptors (Lipinski definition) is 6. The summed E-state index contributed by atoms with van der Waals surface area (Å²) in [5.41, 5.74) is 3.32. The number of rotatable bonds is 4. The molecule has 158 valence electrons. The van der Waals surface area contributed by atoms with E-state index in [0.29, 0.717) is 44.3 Å². The first-order valence-corrected chi connectivity index (χ1v) is 11.4. The highest BCUT2D eigenvalue weighted by molar-refractivity contribution is 7.15. The maximum absolute atomic E-state index is 13.4. The van der Waals surface area contributed by atoms with E-state index in [0.717, 1.165) is 26.8 Å². The number of amides is 2. The predicted molar refractivity (Wildman–Crippen MR) is 114 cm³/mol. The third-order valence-corrected chi connectivity index (χ3v) is 7.44. The highest BCUT2D eigenvalue weighted by Gasteiger charge is 2.41. The fourth-order valence-electron chi connectivity index (χ4n) is 4.48. The maximum Gasteiger partial charge on any atom is 0.273 e. The summed E-state index contributed by atoms with van der Waals surface area (Å²) < 4.78 is 5.40. The molecule has 0 N–H and O–H groups in total. The van der Waals surface area contributed by atoms with Crippen LogP contribution in [0.3, 0.4) is 0 Å². The molecule has 1 saturated carbocycles. The predicted octanol–water partition coefficient (Wildman–Crippen LogP) is 3.05.